The SMILES string of the molecule is COc1ccc(CCCC(=O)N(O)CC(=O)N[C@@H](CCC(=O)O)C(=O)O)cc1. The van der Waals surface area contributed by atoms with Crippen LogP contribution in [-0.4, -0.2) is 63.9 Å². The molecule has 0 aliphatic carbocycles. The van der Waals surface area contributed by atoms with Crippen molar-refractivity contribution in [2.24, 2.45) is 0 Å². The number of carbonyl (C=O) groups is 4. The largest absolute Gasteiger partial charge is 0.497 e. The number of carbonyl (C=O) groups excluding carboxylic acids is 2. The van der Waals surface area contributed by atoms with Crippen molar-refractivity contribution in [2.75, 3.05) is 13.7 Å². The summed E-state index contributed by atoms with van der Waals surface area (Å²) < 4.78 is 5.05. The van der Waals surface area contributed by atoms with Crippen LogP contribution in [-0.2, 0) is 25.6 Å². The molecule has 1 atom stereocenters. The molecule has 0 aliphatic rings. The summed E-state index contributed by atoms with van der Waals surface area (Å²) in [6.07, 6.45) is 0.283. The van der Waals surface area contributed by atoms with Crippen LogP contribution in [0.2, 0.25) is 0 Å². The molecule has 0 heterocycles. The van der Waals surface area contributed by atoms with Gasteiger partial charge in [0.1, 0.15) is 18.3 Å². The highest BCUT2D eigenvalue weighted by Gasteiger charge is 2.23. The first-order valence-corrected chi connectivity index (χ1v) is 8.59. The normalized spacial score (nSPS) is 11.4. The van der Waals surface area contributed by atoms with Gasteiger partial charge in [0.15, 0.2) is 0 Å². The highest BCUT2D eigenvalue weighted by Crippen LogP contribution is 2.13. The van der Waals surface area contributed by atoms with E-state index in [1.54, 1.807) is 19.2 Å². The summed E-state index contributed by atoms with van der Waals surface area (Å²) in [6.45, 7) is -0.738. The molecule has 0 saturated carbocycles. The summed E-state index contributed by atoms with van der Waals surface area (Å²) in [5.74, 6) is -3.46. The molecule has 28 heavy (non-hydrogen) atoms. The summed E-state index contributed by atoms with van der Waals surface area (Å²) in [6, 6.07) is 5.89. The van der Waals surface area contributed by atoms with E-state index < -0.39 is 42.8 Å². The van der Waals surface area contributed by atoms with Crippen LogP contribution in [0.5, 0.6) is 5.75 Å². The van der Waals surface area contributed by atoms with Gasteiger partial charge < -0.3 is 20.3 Å². The van der Waals surface area contributed by atoms with E-state index in [-0.39, 0.29) is 17.9 Å². The van der Waals surface area contributed by atoms with Gasteiger partial charge in [0.2, 0.25) is 11.8 Å². The average molecular weight is 396 g/mol. The predicted octanol–water partition coefficient (Wildman–Crippen LogP) is 0.670. The molecule has 10 heteroatoms. The Hall–Kier alpha value is -3.14. The molecular weight excluding hydrogens is 372 g/mol. The number of rotatable bonds is 12. The van der Waals surface area contributed by atoms with E-state index in [2.05, 4.69) is 5.32 Å². The summed E-state index contributed by atoms with van der Waals surface area (Å²) in [4.78, 5) is 45.2. The topological polar surface area (TPSA) is 153 Å². The third-order valence-electron chi connectivity index (χ3n) is 3.88. The van der Waals surface area contributed by atoms with Crippen LogP contribution in [0.4, 0.5) is 0 Å². The number of aryl methyl sites for hydroxylation is 1. The average Bonchev–Trinajstić information content (AvgIpc) is 2.65. The molecule has 1 aromatic rings. The molecule has 0 aliphatic heterocycles. The molecule has 0 aromatic heterocycles. The Morgan fingerprint density at radius 1 is 1.11 bits per heavy atom. The Bertz CT molecular complexity index is 689. The number of aliphatic carboxylic acids is 2. The maximum absolute atomic E-state index is 11.9. The zero-order valence-corrected chi connectivity index (χ0v) is 15.5. The second-order valence-electron chi connectivity index (χ2n) is 6.04. The first-order valence-electron chi connectivity index (χ1n) is 8.59. The molecule has 0 fully saturated rings. The maximum Gasteiger partial charge on any atom is 0.326 e. The Labute approximate surface area is 161 Å². The quantitative estimate of drug-likeness (QED) is 0.297. The van der Waals surface area contributed by atoms with Gasteiger partial charge in [-0.3, -0.25) is 19.6 Å². The Balaban J connectivity index is 2.39. The van der Waals surface area contributed by atoms with E-state index in [1.807, 2.05) is 12.1 Å². The lowest BCUT2D eigenvalue weighted by Gasteiger charge is -2.17. The van der Waals surface area contributed by atoms with Gasteiger partial charge in [-0.1, -0.05) is 12.1 Å². The number of methoxy groups -OCH3 is 1. The monoisotopic (exact) mass is 396 g/mol. The molecule has 0 spiro atoms. The van der Waals surface area contributed by atoms with Gasteiger partial charge >= 0.3 is 11.9 Å². The number of benzene rings is 1. The molecule has 2 amide bonds. The van der Waals surface area contributed by atoms with Crippen LogP contribution < -0.4 is 10.1 Å². The van der Waals surface area contributed by atoms with Gasteiger partial charge in [-0.05, 0) is 37.0 Å². The Kier molecular flexibility index (Phi) is 9.44. The van der Waals surface area contributed by atoms with Gasteiger partial charge in [0.25, 0.3) is 0 Å². The molecule has 154 valence electrons. The molecule has 0 radical (unpaired) electrons. The number of hydroxylamine groups is 2. The molecular formula is C18H24N2O8. The number of carboxylic acids is 2. The zero-order valence-electron chi connectivity index (χ0n) is 15.5. The van der Waals surface area contributed by atoms with Crippen LogP contribution in [0.1, 0.15) is 31.2 Å². The van der Waals surface area contributed by atoms with Crippen LogP contribution >= 0.6 is 0 Å². The Morgan fingerprint density at radius 2 is 1.75 bits per heavy atom. The highest BCUT2D eigenvalue weighted by atomic mass is 16.5. The number of nitrogens with zero attached hydrogens (tertiary/aromatic N) is 1. The number of amides is 2. The molecule has 0 saturated heterocycles. The third kappa shape index (κ3) is 8.49. The lowest BCUT2D eigenvalue weighted by Crippen LogP contribution is -2.46. The van der Waals surface area contributed by atoms with Gasteiger partial charge in [-0.25, -0.2) is 9.86 Å². The van der Waals surface area contributed by atoms with Crippen LogP contribution in [0.25, 0.3) is 0 Å². The second kappa shape index (κ2) is 11.5. The summed E-state index contributed by atoms with van der Waals surface area (Å²) >= 11 is 0. The number of ether oxygens (including phenoxy) is 1. The van der Waals surface area contributed by atoms with Gasteiger partial charge in [-0.15, -0.1) is 0 Å². The van der Waals surface area contributed by atoms with Crippen molar-refractivity contribution in [2.45, 2.75) is 38.1 Å². The lowest BCUT2D eigenvalue weighted by atomic mass is 10.1. The van der Waals surface area contributed by atoms with Crippen molar-refractivity contribution >= 4 is 23.8 Å². The summed E-state index contributed by atoms with van der Waals surface area (Å²) in [7, 11) is 1.56. The Morgan fingerprint density at radius 3 is 2.29 bits per heavy atom. The highest BCUT2D eigenvalue weighted by molar-refractivity contribution is 5.87. The molecule has 0 bridgehead atoms. The van der Waals surface area contributed by atoms with Crippen molar-refractivity contribution in [1.29, 1.82) is 0 Å². The zero-order chi connectivity index (χ0) is 21.1. The summed E-state index contributed by atoms with van der Waals surface area (Å²) in [5.41, 5.74) is 0.985. The second-order valence-corrected chi connectivity index (χ2v) is 6.04. The fourth-order valence-corrected chi connectivity index (χ4v) is 2.35. The molecule has 4 N–H and O–H groups in total. The minimum absolute atomic E-state index is 0.00280. The van der Waals surface area contributed by atoms with E-state index in [0.717, 1.165) is 11.3 Å². The molecule has 0 unspecified atom stereocenters. The third-order valence-corrected chi connectivity index (χ3v) is 3.88. The molecule has 10 nitrogen and oxygen atoms in total. The van der Waals surface area contributed by atoms with Crippen molar-refractivity contribution in [1.82, 2.24) is 10.4 Å². The first kappa shape index (κ1) is 22.9. The minimum atomic E-state index is -1.41. The van der Waals surface area contributed by atoms with E-state index in [0.29, 0.717) is 12.8 Å². The number of carboxylic acid groups (broad SMARTS) is 2. The smallest absolute Gasteiger partial charge is 0.326 e. The number of nitrogens with one attached hydrogen (secondary N) is 1. The molecule has 1 aromatic carbocycles. The lowest BCUT2D eigenvalue weighted by molar-refractivity contribution is -0.169. The van der Waals surface area contributed by atoms with Gasteiger partial charge in [-0.2, -0.15) is 0 Å². The van der Waals surface area contributed by atoms with Gasteiger partial charge in [0, 0.05) is 12.8 Å². The number of hydrogen-bond donors (Lipinski definition) is 4. The van der Waals surface area contributed by atoms with Crippen molar-refractivity contribution < 1.29 is 39.3 Å². The van der Waals surface area contributed by atoms with E-state index >= 15 is 0 Å². The molecule has 1 rings (SSSR count). The van der Waals surface area contributed by atoms with E-state index in [9.17, 15) is 24.4 Å². The van der Waals surface area contributed by atoms with Crippen LogP contribution in [0, 0.1) is 0 Å². The fraction of sp³-hybridized carbons (Fsp3) is 0.444. The minimum Gasteiger partial charge on any atom is -0.497 e. The van der Waals surface area contributed by atoms with E-state index in [4.69, 9.17) is 14.9 Å². The first-order chi connectivity index (χ1) is 13.2. The van der Waals surface area contributed by atoms with E-state index in [1.165, 1.54) is 0 Å². The van der Waals surface area contributed by atoms with Crippen molar-refractivity contribution in [3.05, 3.63) is 29.8 Å². The number of hydrogen-bond acceptors (Lipinski definition) is 6. The van der Waals surface area contributed by atoms with Crippen molar-refractivity contribution in [3.8, 4) is 5.75 Å². The van der Waals surface area contributed by atoms with Crippen LogP contribution in [0.3, 0.4) is 0 Å². The summed E-state index contributed by atoms with van der Waals surface area (Å²) in [5, 5.41) is 29.6. The van der Waals surface area contributed by atoms with Crippen molar-refractivity contribution in [3.63, 3.8) is 0 Å². The maximum atomic E-state index is 11.9. The fourth-order valence-electron chi connectivity index (χ4n) is 2.35. The predicted molar refractivity (Wildman–Crippen MR) is 95.9 cm³/mol. The van der Waals surface area contributed by atoms with Gasteiger partial charge in [0.05, 0.1) is 7.11 Å². The standard InChI is InChI=1S/C18H24N2O8/c1-28-13-7-5-12(6-8-13)3-2-4-16(22)20(27)11-15(21)19-14(18(25)26)9-10-17(23)24/h5-8,14,27H,2-4,9-11H2,1H3,(H,19,21)(H,23,24)(H,25,26)/t14-/m0/s1. The van der Waals surface area contributed by atoms with Crippen LogP contribution in [0.15, 0.2) is 24.3 Å².